The van der Waals surface area contributed by atoms with Crippen LogP contribution in [0.2, 0.25) is 0 Å². The molecule has 0 fully saturated rings. The van der Waals surface area contributed by atoms with Crippen molar-refractivity contribution in [3.63, 3.8) is 0 Å². The van der Waals surface area contributed by atoms with Crippen LogP contribution in [-0.2, 0) is 4.79 Å². The van der Waals surface area contributed by atoms with E-state index >= 15 is 0 Å². The van der Waals surface area contributed by atoms with E-state index in [1.807, 2.05) is 0 Å². The predicted molar refractivity (Wildman–Crippen MR) is 60.4 cm³/mol. The van der Waals surface area contributed by atoms with Gasteiger partial charge in [0.2, 0.25) is 5.91 Å². The van der Waals surface area contributed by atoms with E-state index in [1.54, 1.807) is 13.0 Å². The van der Waals surface area contributed by atoms with E-state index in [2.05, 4.69) is 10.6 Å². The summed E-state index contributed by atoms with van der Waals surface area (Å²) in [5, 5.41) is 14.7. The number of anilines is 1. The molecule has 86 valence electrons. The van der Waals surface area contributed by atoms with Crippen LogP contribution in [0.1, 0.15) is 24.2 Å². The van der Waals surface area contributed by atoms with Crippen molar-refractivity contribution in [3.8, 4) is 5.75 Å². The minimum Gasteiger partial charge on any atom is -0.507 e. The first-order chi connectivity index (χ1) is 7.54. The van der Waals surface area contributed by atoms with Gasteiger partial charge in [0, 0.05) is 25.2 Å². The van der Waals surface area contributed by atoms with Crippen molar-refractivity contribution in [1.29, 1.82) is 0 Å². The molecule has 0 atom stereocenters. The van der Waals surface area contributed by atoms with Crippen LogP contribution in [0.25, 0.3) is 0 Å². The third kappa shape index (κ3) is 2.98. The van der Waals surface area contributed by atoms with E-state index < -0.39 is 0 Å². The smallest absolute Gasteiger partial charge is 0.255 e. The summed E-state index contributed by atoms with van der Waals surface area (Å²) in [7, 11) is 0. The zero-order valence-corrected chi connectivity index (χ0v) is 9.20. The summed E-state index contributed by atoms with van der Waals surface area (Å²) in [5.41, 5.74) is 0.647. The van der Waals surface area contributed by atoms with Gasteiger partial charge in [-0.15, -0.1) is 0 Å². The van der Waals surface area contributed by atoms with Crippen LogP contribution in [0, 0.1) is 0 Å². The van der Waals surface area contributed by atoms with Crippen LogP contribution in [0.5, 0.6) is 5.75 Å². The highest BCUT2D eigenvalue weighted by Gasteiger charge is 2.10. The van der Waals surface area contributed by atoms with Crippen LogP contribution in [0.3, 0.4) is 0 Å². The normalized spacial score (nSPS) is 9.62. The van der Waals surface area contributed by atoms with Crippen LogP contribution in [-0.4, -0.2) is 23.5 Å². The number of benzene rings is 1. The summed E-state index contributed by atoms with van der Waals surface area (Å²) in [6.07, 6.45) is 0. The number of nitrogens with one attached hydrogen (secondary N) is 2. The molecule has 5 nitrogen and oxygen atoms in total. The highest BCUT2D eigenvalue weighted by molar-refractivity contribution is 5.98. The second kappa shape index (κ2) is 5.16. The molecule has 0 saturated carbocycles. The predicted octanol–water partition coefficient (Wildman–Crippen LogP) is 1.10. The fourth-order valence-electron chi connectivity index (χ4n) is 1.26. The van der Waals surface area contributed by atoms with Gasteiger partial charge in [-0.3, -0.25) is 9.59 Å². The Bertz CT molecular complexity index is 416. The number of carbonyl (C=O) groups excluding carboxylic acids is 2. The lowest BCUT2D eigenvalue weighted by molar-refractivity contribution is -0.114. The molecular formula is C11H14N2O3. The fourth-order valence-corrected chi connectivity index (χ4v) is 1.26. The number of hydrogen-bond donors (Lipinski definition) is 3. The fraction of sp³-hybridized carbons (Fsp3) is 0.273. The van der Waals surface area contributed by atoms with E-state index in [-0.39, 0.29) is 23.1 Å². The van der Waals surface area contributed by atoms with Crippen molar-refractivity contribution in [2.24, 2.45) is 0 Å². The number of rotatable bonds is 3. The zero-order chi connectivity index (χ0) is 12.1. The topological polar surface area (TPSA) is 78.4 Å². The zero-order valence-electron chi connectivity index (χ0n) is 9.20. The van der Waals surface area contributed by atoms with Gasteiger partial charge in [-0.05, 0) is 19.1 Å². The maximum Gasteiger partial charge on any atom is 0.255 e. The number of hydrogen-bond acceptors (Lipinski definition) is 3. The molecule has 5 heteroatoms. The molecule has 0 aliphatic heterocycles. The van der Waals surface area contributed by atoms with E-state index in [4.69, 9.17) is 0 Å². The first-order valence-electron chi connectivity index (χ1n) is 4.93. The molecule has 0 aliphatic carbocycles. The number of phenolic OH excluding ortho intramolecular Hbond substituents is 1. The summed E-state index contributed by atoms with van der Waals surface area (Å²) in [5.74, 6) is -0.725. The SMILES string of the molecule is CCNC(=O)c1ccc(NC(C)=O)cc1O. The Morgan fingerprint density at radius 2 is 2.06 bits per heavy atom. The Labute approximate surface area is 93.5 Å². The molecule has 0 aliphatic rings. The lowest BCUT2D eigenvalue weighted by Gasteiger charge is -2.07. The lowest BCUT2D eigenvalue weighted by atomic mass is 10.1. The standard InChI is InChI=1S/C11H14N2O3/c1-3-12-11(16)9-5-4-8(6-10(9)15)13-7(2)14/h4-6,15H,3H2,1-2H3,(H,12,16)(H,13,14). The summed E-state index contributed by atoms with van der Waals surface area (Å²) in [4.78, 5) is 22.2. The quantitative estimate of drug-likeness (QED) is 0.716. The molecule has 0 heterocycles. The number of aromatic hydroxyl groups is 1. The molecule has 0 bridgehead atoms. The molecule has 1 aromatic rings. The van der Waals surface area contributed by atoms with E-state index in [9.17, 15) is 14.7 Å². The molecule has 2 amide bonds. The van der Waals surface area contributed by atoms with Crippen molar-refractivity contribution in [1.82, 2.24) is 5.32 Å². The second-order valence-electron chi connectivity index (χ2n) is 3.27. The monoisotopic (exact) mass is 222 g/mol. The Morgan fingerprint density at radius 1 is 1.38 bits per heavy atom. The Balaban J connectivity index is 2.91. The molecule has 16 heavy (non-hydrogen) atoms. The van der Waals surface area contributed by atoms with E-state index in [1.165, 1.54) is 19.1 Å². The summed E-state index contributed by atoms with van der Waals surface area (Å²) >= 11 is 0. The molecule has 3 N–H and O–H groups in total. The highest BCUT2D eigenvalue weighted by atomic mass is 16.3. The average Bonchev–Trinajstić information content (AvgIpc) is 2.16. The number of phenols is 1. The van der Waals surface area contributed by atoms with Crippen molar-refractivity contribution < 1.29 is 14.7 Å². The summed E-state index contributed by atoms with van der Waals surface area (Å²) in [6.45, 7) is 3.65. The van der Waals surface area contributed by atoms with E-state index in [0.29, 0.717) is 12.2 Å². The molecule has 1 aromatic carbocycles. The lowest BCUT2D eigenvalue weighted by Crippen LogP contribution is -2.22. The average molecular weight is 222 g/mol. The molecule has 0 unspecified atom stereocenters. The maximum atomic E-state index is 11.4. The summed E-state index contributed by atoms with van der Waals surface area (Å²) in [6, 6.07) is 4.36. The van der Waals surface area contributed by atoms with Crippen molar-refractivity contribution in [2.75, 3.05) is 11.9 Å². The third-order valence-corrected chi connectivity index (χ3v) is 1.90. The first kappa shape index (κ1) is 12.0. The Kier molecular flexibility index (Phi) is 3.88. The molecule has 0 saturated heterocycles. The molecule has 0 aromatic heterocycles. The van der Waals surface area contributed by atoms with Crippen LogP contribution < -0.4 is 10.6 Å². The van der Waals surface area contributed by atoms with Gasteiger partial charge in [0.05, 0.1) is 5.56 Å². The Morgan fingerprint density at radius 3 is 2.56 bits per heavy atom. The molecular weight excluding hydrogens is 208 g/mol. The van der Waals surface area contributed by atoms with Gasteiger partial charge in [-0.1, -0.05) is 0 Å². The number of carbonyl (C=O) groups is 2. The largest absolute Gasteiger partial charge is 0.507 e. The van der Waals surface area contributed by atoms with Crippen molar-refractivity contribution in [2.45, 2.75) is 13.8 Å². The second-order valence-corrected chi connectivity index (χ2v) is 3.27. The van der Waals surface area contributed by atoms with Gasteiger partial charge in [0.25, 0.3) is 5.91 Å². The van der Waals surface area contributed by atoms with Gasteiger partial charge < -0.3 is 15.7 Å². The van der Waals surface area contributed by atoms with Crippen molar-refractivity contribution in [3.05, 3.63) is 23.8 Å². The van der Waals surface area contributed by atoms with Gasteiger partial charge in [0.1, 0.15) is 5.75 Å². The molecule has 0 radical (unpaired) electrons. The van der Waals surface area contributed by atoms with Crippen LogP contribution in [0.15, 0.2) is 18.2 Å². The maximum absolute atomic E-state index is 11.4. The highest BCUT2D eigenvalue weighted by Crippen LogP contribution is 2.21. The minimum atomic E-state index is -0.339. The summed E-state index contributed by atoms with van der Waals surface area (Å²) < 4.78 is 0. The van der Waals surface area contributed by atoms with E-state index in [0.717, 1.165) is 0 Å². The van der Waals surface area contributed by atoms with Crippen LogP contribution >= 0.6 is 0 Å². The molecule has 0 spiro atoms. The van der Waals surface area contributed by atoms with Gasteiger partial charge in [-0.25, -0.2) is 0 Å². The molecule has 1 rings (SSSR count). The van der Waals surface area contributed by atoms with Gasteiger partial charge in [0.15, 0.2) is 0 Å². The van der Waals surface area contributed by atoms with Gasteiger partial charge >= 0.3 is 0 Å². The van der Waals surface area contributed by atoms with Crippen molar-refractivity contribution >= 4 is 17.5 Å². The van der Waals surface area contributed by atoms with Crippen LogP contribution in [0.4, 0.5) is 5.69 Å². The van der Waals surface area contributed by atoms with Gasteiger partial charge in [-0.2, -0.15) is 0 Å². The number of amides is 2. The Hall–Kier alpha value is -2.04. The first-order valence-corrected chi connectivity index (χ1v) is 4.93. The third-order valence-electron chi connectivity index (χ3n) is 1.90. The minimum absolute atomic E-state index is 0.155.